The number of carbonyl (C=O) groups is 3. The van der Waals surface area contributed by atoms with Crippen LogP contribution in [0, 0.1) is 11.7 Å². The Kier molecular flexibility index (Phi) is 9.66. The van der Waals surface area contributed by atoms with Gasteiger partial charge in [-0.1, -0.05) is 18.2 Å². The van der Waals surface area contributed by atoms with Crippen molar-refractivity contribution in [2.75, 3.05) is 26.7 Å². The van der Waals surface area contributed by atoms with Gasteiger partial charge in [0.05, 0.1) is 12.1 Å². The van der Waals surface area contributed by atoms with Gasteiger partial charge in [0.2, 0.25) is 0 Å². The van der Waals surface area contributed by atoms with Crippen LogP contribution >= 0.6 is 0 Å². The summed E-state index contributed by atoms with van der Waals surface area (Å²) in [6.07, 6.45) is 4.48. The number of hydrogen-bond acceptors (Lipinski definition) is 5. The van der Waals surface area contributed by atoms with Gasteiger partial charge in [-0.25, -0.2) is 9.18 Å². The zero-order valence-corrected chi connectivity index (χ0v) is 22.5. The van der Waals surface area contributed by atoms with E-state index in [0.717, 1.165) is 25.7 Å². The van der Waals surface area contributed by atoms with Crippen molar-refractivity contribution in [3.63, 3.8) is 0 Å². The van der Waals surface area contributed by atoms with Gasteiger partial charge in [0.1, 0.15) is 17.0 Å². The molecule has 0 unspecified atom stereocenters. The maximum Gasteiger partial charge on any atom is 0.410 e. The van der Waals surface area contributed by atoms with Gasteiger partial charge in [-0.05, 0) is 64.5 Å². The van der Waals surface area contributed by atoms with Gasteiger partial charge in [0.15, 0.2) is 0 Å². The monoisotopic (exact) mass is 528 g/mol. The van der Waals surface area contributed by atoms with Crippen LogP contribution in [0.2, 0.25) is 0 Å². The van der Waals surface area contributed by atoms with Crippen LogP contribution in [0.3, 0.4) is 0 Å². The van der Waals surface area contributed by atoms with Gasteiger partial charge in [-0.3, -0.25) is 14.4 Å². The van der Waals surface area contributed by atoms with Gasteiger partial charge in [-0.15, -0.1) is 0 Å². The third-order valence-corrected chi connectivity index (χ3v) is 6.46. The summed E-state index contributed by atoms with van der Waals surface area (Å²) in [6.45, 7) is 7.16. The summed E-state index contributed by atoms with van der Waals surface area (Å²) >= 11 is 0. The molecule has 1 aliphatic heterocycles. The van der Waals surface area contributed by atoms with Gasteiger partial charge in [0, 0.05) is 38.4 Å². The van der Waals surface area contributed by atoms with E-state index in [-0.39, 0.29) is 29.3 Å². The highest BCUT2D eigenvalue weighted by molar-refractivity contribution is 5.99. The number of hydrogen-bond donors (Lipinski definition) is 2. The van der Waals surface area contributed by atoms with E-state index in [0.29, 0.717) is 25.6 Å². The van der Waals surface area contributed by atoms with Gasteiger partial charge in [-0.2, -0.15) is 0 Å². The highest BCUT2D eigenvalue weighted by Gasteiger charge is 2.26. The molecule has 2 aromatic rings. The van der Waals surface area contributed by atoms with Crippen molar-refractivity contribution < 1.29 is 23.5 Å². The summed E-state index contributed by atoms with van der Waals surface area (Å²) in [5.74, 6) is -1.07. The predicted octanol–water partition coefficient (Wildman–Crippen LogP) is 3.55. The molecule has 1 aromatic heterocycles. The van der Waals surface area contributed by atoms with Crippen LogP contribution in [0.4, 0.5) is 9.18 Å². The number of benzene rings is 1. The molecule has 0 bridgehead atoms. The summed E-state index contributed by atoms with van der Waals surface area (Å²) in [5.41, 5.74) is -0.897. The minimum Gasteiger partial charge on any atom is -0.444 e. The Morgan fingerprint density at radius 2 is 1.79 bits per heavy atom. The summed E-state index contributed by atoms with van der Waals surface area (Å²) in [7, 11) is 1.40. The Morgan fingerprint density at radius 3 is 2.42 bits per heavy atom. The first-order valence-electron chi connectivity index (χ1n) is 12.9. The molecule has 1 saturated heterocycles. The molecule has 0 aliphatic carbocycles. The lowest BCUT2D eigenvalue weighted by molar-refractivity contribution is 0.0180. The molecule has 2 heterocycles. The third-order valence-electron chi connectivity index (χ3n) is 6.46. The molecule has 3 amide bonds. The second kappa shape index (κ2) is 12.7. The van der Waals surface area contributed by atoms with Crippen LogP contribution in [0.25, 0.3) is 0 Å². The second-order valence-corrected chi connectivity index (χ2v) is 10.6. The van der Waals surface area contributed by atoms with Crippen LogP contribution < -0.4 is 16.2 Å². The Hall–Kier alpha value is -3.69. The zero-order chi connectivity index (χ0) is 27.9. The second-order valence-electron chi connectivity index (χ2n) is 10.6. The highest BCUT2D eigenvalue weighted by atomic mass is 19.1. The van der Waals surface area contributed by atoms with E-state index in [9.17, 15) is 23.6 Å². The molecule has 2 N–H and O–H groups in total. The molecule has 0 saturated carbocycles. The van der Waals surface area contributed by atoms with Gasteiger partial charge < -0.3 is 24.8 Å². The molecule has 1 fully saturated rings. The summed E-state index contributed by atoms with van der Waals surface area (Å²) in [4.78, 5) is 52.0. The van der Waals surface area contributed by atoms with Crippen LogP contribution in [-0.4, -0.2) is 59.7 Å². The van der Waals surface area contributed by atoms with Crippen molar-refractivity contribution in [1.82, 2.24) is 20.1 Å². The van der Waals surface area contributed by atoms with Gasteiger partial charge >= 0.3 is 6.09 Å². The predicted molar refractivity (Wildman–Crippen MR) is 142 cm³/mol. The zero-order valence-electron chi connectivity index (χ0n) is 22.5. The quantitative estimate of drug-likeness (QED) is 0.510. The molecule has 0 spiro atoms. The van der Waals surface area contributed by atoms with E-state index < -0.39 is 28.8 Å². The number of aromatic nitrogens is 1. The number of rotatable bonds is 8. The molecule has 10 heteroatoms. The number of halogens is 1. The minimum absolute atomic E-state index is 0.112. The Balaban J connectivity index is 1.56. The van der Waals surface area contributed by atoms with E-state index in [1.807, 2.05) is 20.8 Å². The maximum atomic E-state index is 14.2. The van der Waals surface area contributed by atoms with Gasteiger partial charge in [0.25, 0.3) is 17.4 Å². The first-order chi connectivity index (χ1) is 18.0. The Labute approximate surface area is 222 Å². The largest absolute Gasteiger partial charge is 0.444 e. The number of ether oxygens (including phenoxy) is 1. The summed E-state index contributed by atoms with van der Waals surface area (Å²) < 4.78 is 20.8. The van der Waals surface area contributed by atoms with Crippen LogP contribution in [0.5, 0.6) is 0 Å². The molecular formula is C28H37FN4O5. The molecular weight excluding hydrogens is 491 g/mol. The Bertz CT molecular complexity index is 1210. The van der Waals surface area contributed by atoms with Crippen molar-refractivity contribution >= 4 is 17.9 Å². The maximum absolute atomic E-state index is 14.2. The summed E-state index contributed by atoms with van der Waals surface area (Å²) in [5, 5.41) is 5.26. The van der Waals surface area contributed by atoms with Crippen molar-refractivity contribution in [2.24, 2.45) is 5.92 Å². The SMILES string of the molecule is CNC(=O)c1cc(C(=O)NCCCC2CCN(C(=O)OC(C)(C)C)CC2)cn(Cc2ccccc2F)c1=O. The third kappa shape index (κ3) is 7.90. The number of amides is 3. The molecule has 9 nitrogen and oxygen atoms in total. The number of likely N-dealkylation sites (tertiary alicyclic amines) is 1. The summed E-state index contributed by atoms with van der Waals surface area (Å²) in [6, 6.07) is 7.30. The topological polar surface area (TPSA) is 110 Å². The number of nitrogens with one attached hydrogen (secondary N) is 2. The average molecular weight is 529 g/mol. The van der Waals surface area contributed by atoms with Crippen molar-refractivity contribution in [3.8, 4) is 0 Å². The average Bonchev–Trinajstić information content (AvgIpc) is 2.87. The Morgan fingerprint density at radius 1 is 1.11 bits per heavy atom. The van der Waals surface area contributed by atoms with Crippen molar-refractivity contribution in [1.29, 1.82) is 0 Å². The number of nitrogens with zero attached hydrogens (tertiary/aromatic N) is 2. The number of carbonyl (C=O) groups excluding carboxylic acids is 3. The van der Waals surface area contributed by atoms with Crippen molar-refractivity contribution in [2.45, 2.75) is 58.6 Å². The number of piperidine rings is 1. The van der Waals surface area contributed by atoms with E-state index >= 15 is 0 Å². The van der Waals surface area contributed by atoms with E-state index in [2.05, 4.69) is 10.6 Å². The highest BCUT2D eigenvalue weighted by Crippen LogP contribution is 2.23. The normalized spacial score (nSPS) is 14.2. The fraction of sp³-hybridized carbons (Fsp3) is 0.500. The smallest absolute Gasteiger partial charge is 0.410 e. The first-order valence-corrected chi connectivity index (χ1v) is 12.9. The van der Waals surface area contributed by atoms with Crippen molar-refractivity contribution in [3.05, 3.63) is 69.4 Å². The molecule has 206 valence electrons. The minimum atomic E-state index is -0.621. The molecule has 3 rings (SSSR count). The van der Waals surface area contributed by atoms with Crippen LogP contribution in [-0.2, 0) is 11.3 Å². The molecule has 1 aliphatic rings. The first kappa shape index (κ1) is 28.9. The van der Waals surface area contributed by atoms with E-state index in [1.54, 1.807) is 23.1 Å². The fourth-order valence-corrected chi connectivity index (χ4v) is 4.41. The molecule has 1 aromatic carbocycles. The lowest BCUT2D eigenvalue weighted by Gasteiger charge is -2.33. The molecule has 0 radical (unpaired) electrons. The standard InChI is InChI=1S/C28H37FN4O5/c1-28(2,3)38-27(37)32-14-11-19(12-15-32)8-7-13-31-24(34)21-16-22(25(35)30-4)26(36)33(18-21)17-20-9-5-6-10-23(20)29/h5-6,9-10,16,18-19H,7-8,11-15,17H2,1-4H3,(H,30,35)(H,31,34). The van der Waals surface area contributed by atoms with E-state index in [1.165, 1.54) is 29.9 Å². The fourth-order valence-electron chi connectivity index (χ4n) is 4.41. The number of pyridine rings is 1. The van der Waals surface area contributed by atoms with Crippen LogP contribution in [0.1, 0.15) is 72.7 Å². The lowest BCUT2D eigenvalue weighted by atomic mass is 9.92. The lowest BCUT2D eigenvalue weighted by Crippen LogP contribution is -2.41. The van der Waals surface area contributed by atoms with Crippen LogP contribution in [0.15, 0.2) is 41.3 Å². The van der Waals surface area contributed by atoms with E-state index in [4.69, 9.17) is 4.74 Å². The molecule has 0 atom stereocenters. The molecule has 38 heavy (non-hydrogen) atoms.